The maximum Gasteiger partial charge on any atom is 0.153 e. The zero-order chi connectivity index (χ0) is 13.9. The Morgan fingerprint density at radius 2 is 2.32 bits per heavy atom. The van der Waals surface area contributed by atoms with Crippen LogP contribution in [0.25, 0.3) is 0 Å². The van der Waals surface area contributed by atoms with Crippen LogP contribution in [0.4, 0.5) is 0 Å². The molecule has 0 saturated carbocycles. The molecule has 1 N–H and O–H groups in total. The Labute approximate surface area is 123 Å². The maximum atomic E-state index is 11.5. The molecule has 1 saturated heterocycles. The fourth-order valence-corrected chi connectivity index (χ4v) is 4.87. The normalized spacial score (nSPS) is 22.8. The van der Waals surface area contributed by atoms with E-state index in [1.54, 1.807) is 11.3 Å². The second-order valence-corrected chi connectivity index (χ2v) is 9.03. The average Bonchev–Trinajstić information content (AvgIpc) is 2.71. The van der Waals surface area contributed by atoms with Crippen LogP contribution in [0, 0.1) is 0 Å². The Balaban J connectivity index is 1.75. The van der Waals surface area contributed by atoms with Gasteiger partial charge in [-0.05, 0) is 32.1 Å². The molecule has 0 amide bonds. The van der Waals surface area contributed by atoms with Gasteiger partial charge in [0.2, 0.25) is 0 Å². The van der Waals surface area contributed by atoms with Crippen molar-refractivity contribution >= 4 is 32.8 Å². The third kappa shape index (κ3) is 5.04. The lowest BCUT2D eigenvalue weighted by molar-refractivity contribution is 0.306. The fraction of sp³-hybridized carbons (Fsp3) is 0.667. The Bertz CT molecular complexity index is 516. The molecule has 2 heterocycles. The molecule has 0 aliphatic carbocycles. The highest BCUT2D eigenvalue weighted by Crippen LogP contribution is 2.22. The van der Waals surface area contributed by atoms with Crippen molar-refractivity contribution in [3.05, 3.63) is 21.3 Å². The first-order chi connectivity index (χ1) is 8.94. The molecule has 7 heteroatoms. The molecule has 0 spiro atoms. The molecule has 108 valence electrons. The van der Waals surface area contributed by atoms with E-state index in [9.17, 15) is 8.42 Å². The van der Waals surface area contributed by atoms with Crippen LogP contribution < -0.4 is 5.32 Å². The third-order valence-electron chi connectivity index (χ3n) is 3.22. The summed E-state index contributed by atoms with van der Waals surface area (Å²) in [5.41, 5.74) is 0. The largest absolute Gasteiger partial charge is 0.312 e. The van der Waals surface area contributed by atoms with Crippen LogP contribution in [0.5, 0.6) is 0 Å². The van der Waals surface area contributed by atoms with Gasteiger partial charge in [0, 0.05) is 24.0 Å². The highest BCUT2D eigenvalue weighted by Gasteiger charge is 2.24. The van der Waals surface area contributed by atoms with Gasteiger partial charge in [-0.1, -0.05) is 11.6 Å². The van der Waals surface area contributed by atoms with Crippen molar-refractivity contribution < 1.29 is 8.42 Å². The Kier molecular flexibility index (Phi) is 5.25. The molecule has 0 radical (unpaired) electrons. The predicted octanol–water partition coefficient (Wildman–Crippen LogP) is 1.61. The Morgan fingerprint density at radius 1 is 1.53 bits per heavy atom. The van der Waals surface area contributed by atoms with Crippen LogP contribution in [0.3, 0.4) is 0 Å². The number of sulfone groups is 1. The number of hydrogen-bond acceptors (Lipinski definition) is 5. The molecule has 1 atom stereocenters. The molecule has 1 aromatic heterocycles. The fourth-order valence-electron chi connectivity index (χ4n) is 2.21. The lowest BCUT2D eigenvalue weighted by Gasteiger charge is -2.25. The van der Waals surface area contributed by atoms with Gasteiger partial charge in [-0.15, -0.1) is 11.3 Å². The maximum absolute atomic E-state index is 11.5. The number of nitrogens with one attached hydrogen (secondary N) is 1. The lowest BCUT2D eigenvalue weighted by Crippen LogP contribution is -2.46. The third-order valence-corrected chi connectivity index (χ3v) is 6.17. The molecule has 2 rings (SSSR count). The molecule has 0 bridgehead atoms. The first kappa shape index (κ1) is 15.3. The minimum atomic E-state index is -2.83. The topological polar surface area (TPSA) is 49.4 Å². The van der Waals surface area contributed by atoms with Crippen LogP contribution in [-0.2, 0) is 16.4 Å². The minimum absolute atomic E-state index is 0.0909. The second kappa shape index (κ2) is 6.54. The van der Waals surface area contributed by atoms with E-state index < -0.39 is 9.84 Å². The van der Waals surface area contributed by atoms with Crippen molar-refractivity contribution in [1.29, 1.82) is 0 Å². The summed E-state index contributed by atoms with van der Waals surface area (Å²) < 4.78 is 23.9. The number of thiophene rings is 1. The van der Waals surface area contributed by atoms with E-state index >= 15 is 0 Å². The van der Waals surface area contributed by atoms with Crippen molar-refractivity contribution in [2.24, 2.45) is 0 Å². The summed E-state index contributed by atoms with van der Waals surface area (Å²) in [6, 6.07) is 4.03. The number of nitrogens with zero attached hydrogens (tertiary/aromatic N) is 1. The average molecular weight is 323 g/mol. The van der Waals surface area contributed by atoms with Gasteiger partial charge in [-0.3, -0.25) is 0 Å². The van der Waals surface area contributed by atoms with E-state index in [4.69, 9.17) is 11.6 Å². The molecule has 0 aromatic carbocycles. The highest BCUT2D eigenvalue weighted by atomic mass is 35.5. The van der Waals surface area contributed by atoms with Gasteiger partial charge in [-0.25, -0.2) is 8.42 Å². The molecular formula is C12H19ClN2O2S2. The van der Waals surface area contributed by atoms with Gasteiger partial charge >= 0.3 is 0 Å². The van der Waals surface area contributed by atoms with E-state index in [1.165, 1.54) is 4.88 Å². The van der Waals surface area contributed by atoms with Crippen molar-refractivity contribution in [3.63, 3.8) is 0 Å². The first-order valence-electron chi connectivity index (χ1n) is 6.31. The van der Waals surface area contributed by atoms with Gasteiger partial charge in [0.1, 0.15) is 0 Å². The van der Waals surface area contributed by atoms with Crippen molar-refractivity contribution in [3.8, 4) is 0 Å². The molecule has 1 unspecified atom stereocenters. The zero-order valence-corrected chi connectivity index (χ0v) is 13.3. The summed E-state index contributed by atoms with van der Waals surface area (Å²) in [5, 5.41) is 3.27. The monoisotopic (exact) mass is 322 g/mol. The van der Waals surface area contributed by atoms with E-state index in [1.807, 2.05) is 19.2 Å². The Hall–Kier alpha value is -0.140. The summed E-state index contributed by atoms with van der Waals surface area (Å²) in [6.07, 6.45) is 0.856. The molecule has 1 aliphatic heterocycles. The number of hydrogen-bond donors (Lipinski definition) is 1. The van der Waals surface area contributed by atoms with E-state index in [2.05, 4.69) is 10.2 Å². The van der Waals surface area contributed by atoms with E-state index in [0.717, 1.165) is 23.8 Å². The highest BCUT2D eigenvalue weighted by molar-refractivity contribution is 7.91. The van der Waals surface area contributed by atoms with Crippen LogP contribution >= 0.6 is 22.9 Å². The standard InChI is InChI=1S/C12H19ClN2O2S2/c1-15(8-11-2-3-12(13)18-11)6-4-10-9-19(16,17)7-5-14-10/h2-3,10,14H,4-9H2,1H3. The van der Waals surface area contributed by atoms with Crippen LogP contribution in [-0.4, -0.2) is 51.0 Å². The summed E-state index contributed by atoms with van der Waals surface area (Å²) in [6.45, 7) is 2.32. The molecule has 1 aliphatic rings. The second-order valence-electron chi connectivity index (χ2n) is 5.00. The van der Waals surface area contributed by atoms with Crippen LogP contribution in [0.15, 0.2) is 12.1 Å². The SMILES string of the molecule is CN(CCC1CS(=O)(=O)CCN1)Cc1ccc(Cl)s1. The molecule has 1 fully saturated rings. The summed E-state index contributed by atoms with van der Waals surface area (Å²) >= 11 is 7.49. The Morgan fingerprint density at radius 3 is 2.95 bits per heavy atom. The zero-order valence-electron chi connectivity index (χ0n) is 10.9. The number of halogens is 1. The van der Waals surface area contributed by atoms with Crippen molar-refractivity contribution in [1.82, 2.24) is 10.2 Å². The first-order valence-corrected chi connectivity index (χ1v) is 9.33. The lowest BCUT2D eigenvalue weighted by atomic mass is 10.2. The van der Waals surface area contributed by atoms with E-state index in [0.29, 0.717) is 6.54 Å². The van der Waals surface area contributed by atoms with Gasteiger partial charge < -0.3 is 10.2 Å². The smallest absolute Gasteiger partial charge is 0.153 e. The molecule has 4 nitrogen and oxygen atoms in total. The quantitative estimate of drug-likeness (QED) is 0.895. The summed E-state index contributed by atoms with van der Waals surface area (Å²) in [5.74, 6) is 0.540. The van der Waals surface area contributed by atoms with Crippen LogP contribution in [0.1, 0.15) is 11.3 Å². The number of rotatable bonds is 5. The van der Waals surface area contributed by atoms with Gasteiger partial charge in [0.25, 0.3) is 0 Å². The molecule has 1 aromatic rings. The van der Waals surface area contributed by atoms with Gasteiger partial charge in [0.15, 0.2) is 9.84 Å². The molecular weight excluding hydrogens is 304 g/mol. The summed E-state index contributed by atoms with van der Waals surface area (Å²) in [4.78, 5) is 3.43. The van der Waals surface area contributed by atoms with Gasteiger partial charge in [0.05, 0.1) is 15.8 Å². The van der Waals surface area contributed by atoms with Crippen LogP contribution in [0.2, 0.25) is 4.34 Å². The minimum Gasteiger partial charge on any atom is -0.312 e. The summed E-state index contributed by atoms with van der Waals surface area (Å²) in [7, 11) is -0.785. The van der Waals surface area contributed by atoms with E-state index in [-0.39, 0.29) is 17.5 Å². The van der Waals surface area contributed by atoms with Gasteiger partial charge in [-0.2, -0.15) is 0 Å². The predicted molar refractivity (Wildman–Crippen MR) is 80.7 cm³/mol. The van der Waals surface area contributed by atoms with Crippen molar-refractivity contribution in [2.45, 2.75) is 19.0 Å². The molecule has 19 heavy (non-hydrogen) atoms. The van der Waals surface area contributed by atoms with Crippen molar-refractivity contribution in [2.75, 3.05) is 31.6 Å².